The summed E-state index contributed by atoms with van der Waals surface area (Å²) in [6.45, 7) is 7.87. The molecule has 2 heterocycles. The Morgan fingerprint density at radius 3 is 2.55 bits per heavy atom. The van der Waals surface area contributed by atoms with E-state index in [1.165, 1.54) is 0 Å². The van der Waals surface area contributed by atoms with Gasteiger partial charge in [0.2, 0.25) is 0 Å². The molecule has 5 nitrogen and oxygen atoms in total. The molecule has 114 valence electrons. The average molecular weight is 282 g/mol. The van der Waals surface area contributed by atoms with E-state index in [-0.39, 0.29) is 12.1 Å². The highest BCUT2D eigenvalue weighted by molar-refractivity contribution is 5.78. The fraction of sp³-hybridized carbons (Fsp3) is 0.867. The molecule has 0 aromatic rings. The molecule has 3 unspecified atom stereocenters. The molecule has 0 spiro atoms. The Kier molecular flexibility index (Phi) is 4.25. The molecule has 1 N–H and O–H groups in total. The van der Waals surface area contributed by atoms with Gasteiger partial charge in [-0.2, -0.15) is 0 Å². The van der Waals surface area contributed by atoms with Gasteiger partial charge in [0.05, 0.1) is 5.41 Å². The van der Waals surface area contributed by atoms with Crippen molar-refractivity contribution in [3.63, 3.8) is 0 Å². The Labute approximate surface area is 120 Å². The van der Waals surface area contributed by atoms with Gasteiger partial charge in [0.1, 0.15) is 0 Å². The van der Waals surface area contributed by atoms with E-state index in [0.29, 0.717) is 25.4 Å². The topological polar surface area (TPSA) is 60.9 Å². The number of carboxylic acid groups (broad SMARTS) is 1. The van der Waals surface area contributed by atoms with Crippen LogP contribution in [0.1, 0.15) is 46.5 Å². The summed E-state index contributed by atoms with van der Waals surface area (Å²) in [6, 6.07) is 0.279. The van der Waals surface area contributed by atoms with E-state index in [4.69, 9.17) is 0 Å². The third-order valence-corrected chi connectivity index (χ3v) is 4.87. The van der Waals surface area contributed by atoms with Crippen molar-refractivity contribution >= 4 is 12.0 Å². The van der Waals surface area contributed by atoms with Gasteiger partial charge < -0.3 is 14.9 Å². The minimum atomic E-state index is -0.796. The maximum atomic E-state index is 12.6. The Morgan fingerprint density at radius 2 is 1.95 bits per heavy atom. The van der Waals surface area contributed by atoms with E-state index in [0.717, 1.165) is 25.8 Å². The van der Waals surface area contributed by atoms with E-state index in [1.807, 2.05) is 4.90 Å². The average Bonchev–Trinajstić information content (AvgIpc) is 2.38. The number of rotatable bonds is 1. The van der Waals surface area contributed by atoms with Crippen LogP contribution in [0.4, 0.5) is 4.79 Å². The van der Waals surface area contributed by atoms with Crippen LogP contribution < -0.4 is 0 Å². The number of amides is 2. The highest BCUT2D eigenvalue weighted by Gasteiger charge is 2.41. The molecule has 2 aliphatic rings. The Balaban J connectivity index is 2.04. The van der Waals surface area contributed by atoms with Crippen molar-refractivity contribution in [3.05, 3.63) is 0 Å². The maximum absolute atomic E-state index is 12.6. The maximum Gasteiger partial charge on any atom is 0.320 e. The summed E-state index contributed by atoms with van der Waals surface area (Å²) in [4.78, 5) is 27.7. The van der Waals surface area contributed by atoms with Crippen LogP contribution in [0.25, 0.3) is 0 Å². The lowest BCUT2D eigenvalue weighted by molar-refractivity contribution is -0.150. The molecule has 5 heteroatoms. The second kappa shape index (κ2) is 5.62. The number of nitrogens with zero attached hydrogens (tertiary/aromatic N) is 2. The van der Waals surface area contributed by atoms with Crippen molar-refractivity contribution in [1.29, 1.82) is 0 Å². The molecule has 20 heavy (non-hydrogen) atoms. The SMILES string of the molecule is CC1CCN(C(=O)N2CCCC(C)(C(=O)O)C2)C(C)C1. The summed E-state index contributed by atoms with van der Waals surface area (Å²) < 4.78 is 0. The third-order valence-electron chi connectivity index (χ3n) is 4.87. The predicted molar refractivity (Wildman–Crippen MR) is 76.5 cm³/mol. The van der Waals surface area contributed by atoms with Gasteiger partial charge in [-0.1, -0.05) is 6.92 Å². The Hall–Kier alpha value is -1.26. The first-order valence-corrected chi connectivity index (χ1v) is 7.62. The smallest absolute Gasteiger partial charge is 0.320 e. The number of carbonyl (C=O) groups excluding carboxylic acids is 1. The Bertz CT molecular complexity index is 399. The molecular formula is C15H26N2O3. The molecule has 2 saturated heterocycles. The van der Waals surface area contributed by atoms with Gasteiger partial charge in [-0.05, 0) is 45.4 Å². The minimum absolute atomic E-state index is 0.0246. The summed E-state index contributed by atoms with van der Waals surface area (Å²) in [5.74, 6) is -0.130. The summed E-state index contributed by atoms with van der Waals surface area (Å²) in [5, 5.41) is 9.34. The number of carbonyl (C=O) groups is 2. The van der Waals surface area contributed by atoms with Gasteiger partial charge in [0.15, 0.2) is 0 Å². The summed E-state index contributed by atoms with van der Waals surface area (Å²) >= 11 is 0. The molecule has 0 bridgehead atoms. The zero-order valence-corrected chi connectivity index (χ0v) is 12.8. The van der Waals surface area contributed by atoms with Crippen LogP contribution in [-0.4, -0.2) is 52.6 Å². The van der Waals surface area contributed by atoms with E-state index in [2.05, 4.69) is 13.8 Å². The van der Waals surface area contributed by atoms with Crippen LogP contribution in [0, 0.1) is 11.3 Å². The lowest BCUT2D eigenvalue weighted by atomic mass is 9.82. The van der Waals surface area contributed by atoms with Gasteiger partial charge in [-0.15, -0.1) is 0 Å². The number of likely N-dealkylation sites (tertiary alicyclic amines) is 2. The van der Waals surface area contributed by atoms with Gasteiger partial charge >= 0.3 is 12.0 Å². The molecule has 0 aromatic carbocycles. The largest absolute Gasteiger partial charge is 0.481 e. The number of urea groups is 1. The monoisotopic (exact) mass is 282 g/mol. The number of piperidine rings is 2. The lowest BCUT2D eigenvalue weighted by Crippen LogP contribution is -2.55. The highest BCUT2D eigenvalue weighted by Crippen LogP contribution is 2.31. The van der Waals surface area contributed by atoms with Gasteiger partial charge in [0, 0.05) is 25.7 Å². The molecule has 0 saturated carbocycles. The van der Waals surface area contributed by atoms with Crippen molar-refractivity contribution in [2.45, 2.75) is 52.5 Å². The van der Waals surface area contributed by atoms with E-state index >= 15 is 0 Å². The molecule has 3 atom stereocenters. The van der Waals surface area contributed by atoms with Crippen molar-refractivity contribution in [1.82, 2.24) is 9.80 Å². The van der Waals surface area contributed by atoms with Crippen LogP contribution in [0.15, 0.2) is 0 Å². The van der Waals surface area contributed by atoms with Crippen LogP contribution in [0.3, 0.4) is 0 Å². The van der Waals surface area contributed by atoms with Crippen molar-refractivity contribution in [2.24, 2.45) is 11.3 Å². The van der Waals surface area contributed by atoms with Gasteiger partial charge in [-0.25, -0.2) is 4.79 Å². The first-order valence-electron chi connectivity index (χ1n) is 7.62. The molecule has 2 amide bonds. The summed E-state index contributed by atoms with van der Waals surface area (Å²) in [5.41, 5.74) is -0.791. The molecule has 0 radical (unpaired) electrons. The van der Waals surface area contributed by atoms with Gasteiger partial charge in [0.25, 0.3) is 0 Å². The van der Waals surface area contributed by atoms with Crippen molar-refractivity contribution in [3.8, 4) is 0 Å². The number of hydrogen-bond acceptors (Lipinski definition) is 2. The second-order valence-electron chi connectivity index (χ2n) is 6.85. The normalized spacial score (nSPS) is 35.0. The Morgan fingerprint density at radius 1 is 1.25 bits per heavy atom. The van der Waals surface area contributed by atoms with E-state index in [1.54, 1.807) is 11.8 Å². The standard InChI is InChI=1S/C15H26N2O3/c1-11-5-8-17(12(2)9-11)14(20)16-7-4-6-15(3,10-16)13(18)19/h11-12H,4-10H2,1-3H3,(H,18,19). The minimum Gasteiger partial charge on any atom is -0.481 e. The highest BCUT2D eigenvalue weighted by atomic mass is 16.4. The van der Waals surface area contributed by atoms with E-state index < -0.39 is 11.4 Å². The van der Waals surface area contributed by atoms with Crippen molar-refractivity contribution in [2.75, 3.05) is 19.6 Å². The molecule has 0 aliphatic carbocycles. The van der Waals surface area contributed by atoms with Gasteiger partial charge in [-0.3, -0.25) is 4.79 Å². The molecule has 0 aromatic heterocycles. The molecular weight excluding hydrogens is 256 g/mol. The number of hydrogen-bond donors (Lipinski definition) is 1. The first-order chi connectivity index (χ1) is 9.33. The van der Waals surface area contributed by atoms with Crippen LogP contribution in [0.5, 0.6) is 0 Å². The molecule has 2 aliphatic heterocycles. The number of aliphatic carboxylic acids is 1. The quantitative estimate of drug-likeness (QED) is 0.803. The molecule has 2 fully saturated rings. The fourth-order valence-electron chi connectivity index (χ4n) is 3.45. The van der Waals surface area contributed by atoms with E-state index in [9.17, 15) is 14.7 Å². The second-order valence-corrected chi connectivity index (χ2v) is 6.85. The third kappa shape index (κ3) is 2.91. The predicted octanol–water partition coefficient (Wildman–Crippen LogP) is 2.41. The summed E-state index contributed by atoms with van der Waals surface area (Å²) in [7, 11) is 0. The lowest BCUT2D eigenvalue weighted by Gasteiger charge is -2.43. The zero-order valence-electron chi connectivity index (χ0n) is 12.8. The first kappa shape index (κ1) is 15.1. The fourth-order valence-corrected chi connectivity index (χ4v) is 3.45. The van der Waals surface area contributed by atoms with Crippen molar-refractivity contribution < 1.29 is 14.7 Å². The van der Waals surface area contributed by atoms with Crippen LogP contribution >= 0.6 is 0 Å². The zero-order chi connectivity index (χ0) is 14.9. The number of carboxylic acids is 1. The molecule has 2 rings (SSSR count). The summed E-state index contributed by atoms with van der Waals surface area (Å²) in [6.07, 6.45) is 3.50. The van der Waals surface area contributed by atoms with Crippen LogP contribution in [-0.2, 0) is 4.79 Å². The van der Waals surface area contributed by atoms with Crippen LogP contribution in [0.2, 0.25) is 0 Å².